The van der Waals surface area contributed by atoms with E-state index < -0.39 is 12.0 Å². The van der Waals surface area contributed by atoms with Crippen LogP contribution in [0.25, 0.3) is 0 Å². The molecular formula is C21H28ClN3O3. The number of piperidine rings is 1. The number of nitrogens with one attached hydrogen (secondary N) is 2. The van der Waals surface area contributed by atoms with Crippen LogP contribution in [0.5, 0.6) is 0 Å². The average Bonchev–Trinajstić information content (AvgIpc) is 2.61. The van der Waals surface area contributed by atoms with Gasteiger partial charge >= 0.3 is 12.0 Å². The van der Waals surface area contributed by atoms with Gasteiger partial charge in [0, 0.05) is 30.4 Å². The number of likely N-dealkylation sites (tertiary alicyclic amines) is 1. The molecule has 7 heteroatoms. The average molecular weight is 406 g/mol. The summed E-state index contributed by atoms with van der Waals surface area (Å²) in [5.74, 6) is 0.753. The lowest BCUT2D eigenvalue weighted by Crippen LogP contribution is -2.50. The van der Waals surface area contributed by atoms with E-state index in [1.165, 1.54) is 6.42 Å². The van der Waals surface area contributed by atoms with E-state index in [1.54, 1.807) is 19.1 Å². The standard InChI is InChI=1S/C21H28ClN3O3/c1-4-28-20(26)18-17(12-25-10-13(2)9-14(3)11-25)23-21(27)24-19(18)15-5-7-16(22)8-6-15/h5-8,13-14,19H,4,9-12H2,1-3H3,(H2,23,24,27)/t13-,14-,19+/m0/s1. The maximum absolute atomic E-state index is 12.8. The van der Waals surface area contributed by atoms with E-state index in [1.807, 2.05) is 12.1 Å². The van der Waals surface area contributed by atoms with Crippen molar-refractivity contribution in [3.05, 3.63) is 46.1 Å². The largest absolute Gasteiger partial charge is 0.463 e. The van der Waals surface area contributed by atoms with Gasteiger partial charge in [0.25, 0.3) is 0 Å². The number of hydrogen-bond acceptors (Lipinski definition) is 4. The van der Waals surface area contributed by atoms with Crippen molar-refractivity contribution in [1.82, 2.24) is 15.5 Å². The Hall–Kier alpha value is -2.05. The Morgan fingerprint density at radius 3 is 2.46 bits per heavy atom. The third-order valence-corrected chi connectivity index (χ3v) is 5.43. The smallest absolute Gasteiger partial charge is 0.338 e. The molecule has 0 saturated carbocycles. The quantitative estimate of drug-likeness (QED) is 0.735. The fourth-order valence-electron chi connectivity index (χ4n) is 4.24. The molecule has 0 radical (unpaired) electrons. The van der Waals surface area contributed by atoms with Crippen LogP contribution >= 0.6 is 11.6 Å². The van der Waals surface area contributed by atoms with Crippen LogP contribution in [-0.2, 0) is 9.53 Å². The number of ether oxygens (including phenoxy) is 1. The van der Waals surface area contributed by atoms with Gasteiger partial charge in [-0.2, -0.15) is 0 Å². The van der Waals surface area contributed by atoms with E-state index in [-0.39, 0.29) is 12.6 Å². The number of nitrogens with zero attached hydrogens (tertiary/aromatic N) is 1. The summed E-state index contributed by atoms with van der Waals surface area (Å²) in [7, 11) is 0. The molecule has 1 saturated heterocycles. The van der Waals surface area contributed by atoms with E-state index in [2.05, 4.69) is 29.4 Å². The summed E-state index contributed by atoms with van der Waals surface area (Å²) < 4.78 is 5.32. The summed E-state index contributed by atoms with van der Waals surface area (Å²) in [6.07, 6.45) is 1.20. The number of carbonyl (C=O) groups excluding carboxylic acids is 2. The number of rotatable bonds is 5. The molecule has 2 heterocycles. The van der Waals surface area contributed by atoms with Crippen LogP contribution in [0.3, 0.4) is 0 Å². The SMILES string of the molecule is CCOC(=O)C1=C(CN2C[C@@H](C)C[C@H](C)C2)NC(=O)N[C@@H]1c1ccc(Cl)cc1. The monoisotopic (exact) mass is 405 g/mol. The molecular weight excluding hydrogens is 378 g/mol. The number of urea groups is 1. The van der Waals surface area contributed by atoms with Gasteiger partial charge in [0.1, 0.15) is 0 Å². The van der Waals surface area contributed by atoms with Crippen LogP contribution in [0.2, 0.25) is 5.02 Å². The van der Waals surface area contributed by atoms with Crippen LogP contribution in [0.15, 0.2) is 35.5 Å². The van der Waals surface area contributed by atoms with Gasteiger partial charge in [-0.05, 0) is 42.9 Å². The van der Waals surface area contributed by atoms with Crippen molar-refractivity contribution in [2.75, 3.05) is 26.2 Å². The molecule has 3 rings (SSSR count). The van der Waals surface area contributed by atoms with Crippen LogP contribution in [0, 0.1) is 11.8 Å². The zero-order chi connectivity index (χ0) is 20.3. The highest BCUT2D eigenvalue weighted by molar-refractivity contribution is 6.30. The lowest BCUT2D eigenvalue weighted by molar-refractivity contribution is -0.139. The van der Waals surface area contributed by atoms with Gasteiger partial charge in [0.2, 0.25) is 0 Å². The number of hydrogen-bond donors (Lipinski definition) is 2. The van der Waals surface area contributed by atoms with Gasteiger partial charge in [0.05, 0.1) is 18.2 Å². The minimum Gasteiger partial charge on any atom is -0.463 e. The van der Waals surface area contributed by atoms with E-state index in [0.717, 1.165) is 18.7 Å². The molecule has 152 valence electrons. The van der Waals surface area contributed by atoms with Crippen LogP contribution in [0.4, 0.5) is 4.79 Å². The lowest BCUT2D eigenvalue weighted by atomic mass is 9.91. The van der Waals surface area contributed by atoms with E-state index >= 15 is 0 Å². The molecule has 1 aromatic carbocycles. The molecule has 28 heavy (non-hydrogen) atoms. The minimum absolute atomic E-state index is 0.273. The maximum atomic E-state index is 12.8. The Balaban J connectivity index is 1.96. The van der Waals surface area contributed by atoms with Crippen molar-refractivity contribution in [2.45, 2.75) is 33.2 Å². The number of carbonyl (C=O) groups is 2. The highest BCUT2D eigenvalue weighted by Crippen LogP contribution is 2.30. The second kappa shape index (κ2) is 8.97. The summed E-state index contributed by atoms with van der Waals surface area (Å²) in [6, 6.07) is 6.25. The zero-order valence-electron chi connectivity index (χ0n) is 16.6. The molecule has 2 aliphatic rings. The highest BCUT2D eigenvalue weighted by atomic mass is 35.5. The molecule has 6 nitrogen and oxygen atoms in total. The van der Waals surface area contributed by atoms with Gasteiger partial charge < -0.3 is 15.4 Å². The Bertz CT molecular complexity index is 753. The van der Waals surface area contributed by atoms with Gasteiger partial charge in [-0.3, -0.25) is 4.90 Å². The number of halogens is 1. The highest BCUT2D eigenvalue weighted by Gasteiger charge is 2.35. The first-order valence-electron chi connectivity index (χ1n) is 9.82. The number of esters is 1. The van der Waals surface area contributed by atoms with Crippen LogP contribution < -0.4 is 10.6 Å². The molecule has 2 amide bonds. The summed E-state index contributed by atoms with van der Waals surface area (Å²) in [5, 5.41) is 6.31. The fraction of sp³-hybridized carbons (Fsp3) is 0.524. The third-order valence-electron chi connectivity index (χ3n) is 5.18. The summed E-state index contributed by atoms with van der Waals surface area (Å²) in [6.45, 7) is 8.92. The second-order valence-electron chi connectivity index (χ2n) is 7.84. The maximum Gasteiger partial charge on any atom is 0.338 e. The molecule has 3 atom stereocenters. The summed E-state index contributed by atoms with van der Waals surface area (Å²) in [4.78, 5) is 27.5. The van der Waals surface area contributed by atoms with E-state index in [4.69, 9.17) is 16.3 Å². The van der Waals surface area contributed by atoms with E-state index in [0.29, 0.717) is 34.7 Å². The first-order valence-corrected chi connectivity index (χ1v) is 10.2. The van der Waals surface area contributed by atoms with Crippen LogP contribution in [0.1, 0.15) is 38.8 Å². The van der Waals surface area contributed by atoms with Gasteiger partial charge in [-0.25, -0.2) is 9.59 Å². The topological polar surface area (TPSA) is 70.7 Å². The Morgan fingerprint density at radius 1 is 1.21 bits per heavy atom. The molecule has 0 bridgehead atoms. The molecule has 0 aliphatic carbocycles. The number of amides is 2. The van der Waals surface area contributed by atoms with Gasteiger partial charge in [0.15, 0.2) is 0 Å². The second-order valence-corrected chi connectivity index (χ2v) is 8.27. The normalized spacial score (nSPS) is 25.9. The van der Waals surface area contributed by atoms with Gasteiger partial charge in [-0.15, -0.1) is 0 Å². The van der Waals surface area contributed by atoms with Crippen LogP contribution in [-0.4, -0.2) is 43.1 Å². The first-order chi connectivity index (χ1) is 13.4. The Labute approximate surface area is 171 Å². The van der Waals surface area contributed by atoms with Crippen molar-refractivity contribution < 1.29 is 14.3 Å². The molecule has 1 fully saturated rings. The predicted octanol–water partition coefficient (Wildman–Crippen LogP) is 3.49. The molecule has 0 spiro atoms. The first kappa shape index (κ1) is 20.7. The number of benzene rings is 1. The minimum atomic E-state index is -0.570. The molecule has 1 aromatic rings. The Morgan fingerprint density at radius 2 is 1.86 bits per heavy atom. The molecule has 2 aliphatic heterocycles. The zero-order valence-corrected chi connectivity index (χ0v) is 17.4. The summed E-state index contributed by atoms with van der Waals surface area (Å²) in [5.41, 5.74) is 1.86. The van der Waals surface area contributed by atoms with E-state index in [9.17, 15) is 9.59 Å². The fourth-order valence-corrected chi connectivity index (χ4v) is 4.37. The molecule has 0 unspecified atom stereocenters. The van der Waals surface area contributed by atoms with Crippen molar-refractivity contribution in [3.8, 4) is 0 Å². The lowest BCUT2D eigenvalue weighted by Gasteiger charge is -2.37. The summed E-state index contributed by atoms with van der Waals surface area (Å²) >= 11 is 6.00. The van der Waals surface area contributed by atoms with Crippen molar-refractivity contribution >= 4 is 23.6 Å². The Kier molecular flexibility index (Phi) is 6.62. The van der Waals surface area contributed by atoms with Crippen molar-refractivity contribution in [3.63, 3.8) is 0 Å². The molecule has 2 N–H and O–H groups in total. The third kappa shape index (κ3) is 4.86. The van der Waals surface area contributed by atoms with Gasteiger partial charge in [-0.1, -0.05) is 37.6 Å². The van der Waals surface area contributed by atoms with Crippen molar-refractivity contribution in [2.24, 2.45) is 11.8 Å². The van der Waals surface area contributed by atoms with Crippen molar-refractivity contribution in [1.29, 1.82) is 0 Å². The predicted molar refractivity (Wildman–Crippen MR) is 109 cm³/mol. The molecule has 0 aromatic heterocycles.